The Morgan fingerprint density at radius 3 is 2.43 bits per heavy atom. The highest BCUT2D eigenvalue weighted by Crippen LogP contribution is 2.36. The maximum atomic E-state index is 8.98. The van der Waals surface area contributed by atoms with Gasteiger partial charge in [-0.3, -0.25) is 0 Å². The van der Waals surface area contributed by atoms with E-state index in [1.807, 2.05) is 12.1 Å². The van der Waals surface area contributed by atoms with Crippen LogP contribution in [0.5, 0.6) is 0 Å². The van der Waals surface area contributed by atoms with Gasteiger partial charge in [0.1, 0.15) is 0 Å². The van der Waals surface area contributed by atoms with E-state index in [1.165, 1.54) is 24.8 Å². The fourth-order valence-electron chi connectivity index (χ4n) is 1.82. The van der Waals surface area contributed by atoms with Crippen molar-refractivity contribution in [2.24, 2.45) is 0 Å². The summed E-state index contributed by atoms with van der Waals surface area (Å²) < 4.78 is 0. The van der Waals surface area contributed by atoms with Crippen LogP contribution in [0.4, 0.5) is 5.69 Å². The molecule has 0 aromatic heterocycles. The Morgan fingerprint density at radius 2 is 2.00 bits per heavy atom. The van der Waals surface area contributed by atoms with Crippen molar-refractivity contribution in [3.05, 3.63) is 23.8 Å². The molecule has 4 N–H and O–H groups in total. The maximum Gasteiger partial charge on any atom is 0.490 e. The number of rotatable bonds is 2. The summed E-state index contributed by atoms with van der Waals surface area (Å²) in [5.41, 5.74) is 7.81. The topological polar surface area (TPSA) is 66.5 Å². The van der Waals surface area contributed by atoms with E-state index in [0.717, 1.165) is 0 Å². The average Bonchev–Trinajstić information content (AvgIpc) is 2.00. The lowest BCUT2D eigenvalue weighted by atomic mass is 9.75. The van der Waals surface area contributed by atoms with Gasteiger partial charge in [-0.05, 0) is 30.4 Å². The first-order chi connectivity index (χ1) is 6.68. The van der Waals surface area contributed by atoms with Crippen LogP contribution < -0.4 is 11.2 Å². The third-order valence-corrected chi connectivity index (χ3v) is 2.97. The summed E-state index contributed by atoms with van der Waals surface area (Å²) in [4.78, 5) is 0. The van der Waals surface area contributed by atoms with Gasteiger partial charge >= 0.3 is 7.12 Å². The van der Waals surface area contributed by atoms with Crippen LogP contribution in [0.15, 0.2) is 18.2 Å². The zero-order valence-corrected chi connectivity index (χ0v) is 7.98. The summed E-state index contributed by atoms with van der Waals surface area (Å²) in [6.45, 7) is 0. The normalized spacial score (nSPS) is 16.4. The highest BCUT2D eigenvalue weighted by Gasteiger charge is 2.21. The summed E-state index contributed by atoms with van der Waals surface area (Å²) in [6, 6.07) is 5.50. The minimum absolute atomic E-state index is 0.396. The van der Waals surface area contributed by atoms with Crippen LogP contribution in [-0.2, 0) is 0 Å². The second-order valence-electron chi connectivity index (χ2n) is 3.89. The fourth-order valence-corrected chi connectivity index (χ4v) is 1.82. The number of nitrogen functional groups attached to an aromatic ring is 1. The van der Waals surface area contributed by atoms with Crippen molar-refractivity contribution in [1.29, 1.82) is 0 Å². The number of hydrogen-bond acceptors (Lipinski definition) is 3. The summed E-state index contributed by atoms with van der Waals surface area (Å²) in [6.07, 6.45) is 3.73. The zero-order chi connectivity index (χ0) is 10.1. The third-order valence-electron chi connectivity index (χ3n) is 2.97. The van der Waals surface area contributed by atoms with E-state index >= 15 is 0 Å². The number of nitrogens with two attached hydrogens (primary N) is 1. The summed E-state index contributed by atoms with van der Waals surface area (Å²) in [7, 11) is -1.47. The molecule has 0 spiro atoms. The second kappa shape index (κ2) is 3.63. The van der Waals surface area contributed by atoms with Crippen molar-refractivity contribution < 1.29 is 10.0 Å². The Kier molecular flexibility index (Phi) is 2.48. The lowest BCUT2D eigenvalue weighted by Gasteiger charge is -2.26. The summed E-state index contributed by atoms with van der Waals surface area (Å²) >= 11 is 0. The molecule has 3 nitrogen and oxygen atoms in total. The van der Waals surface area contributed by atoms with Crippen molar-refractivity contribution in [2.45, 2.75) is 25.2 Å². The highest BCUT2D eigenvalue weighted by molar-refractivity contribution is 6.60. The van der Waals surface area contributed by atoms with Crippen LogP contribution in [0.2, 0.25) is 0 Å². The molecule has 1 aliphatic carbocycles. The summed E-state index contributed by atoms with van der Waals surface area (Å²) in [5, 5.41) is 18.0. The van der Waals surface area contributed by atoms with Gasteiger partial charge in [0.05, 0.1) is 0 Å². The van der Waals surface area contributed by atoms with Crippen LogP contribution in [0.1, 0.15) is 30.7 Å². The van der Waals surface area contributed by atoms with E-state index in [1.54, 1.807) is 6.07 Å². The SMILES string of the molecule is Nc1cc(C2CCC2)ccc1B(O)O. The molecule has 1 aromatic carbocycles. The van der Waals surface area contributed by atoms with Gasteiger partial charge in [0.25, 0.3) is 0 Å². The van der Waals surface area contributed by atoms with Crippen molar-refractivity contribution in [3.8, 4) is 0 Å². The predicted octanol–water partition coefficient (Wildman–Crippen LogP) is 0.216. The zero-order valence-electron chi connectivity index (χ0n) is 7.98. The monoisotopic (exact) mass is 191 g/mol. The molecule has 0 saturated heterocycles. The minimum atomic E-state index is -1.47. The Morgan fingerprint density at radius 1 is 1.29 bits per heavy atom. The predicted molar refractivity (Wildman–Crippen MR) is 57.3 cm³/mol. The standard InChI is InChI=1S/C10H14BNO2/c12-10-6-8(7-2-1-3-7)4-5-9(10)11(13)14/h4-7,13-14H,1-3,12H2. The van der Waals surface area contributed by atoms with Gasteiger partial charge in [-0.15, -0.1) is 0 Å². The van der Waals surface area contributed by atoms with Gasteiger partial charge in [-0.1, -0.05) is 18.6 Å². The Hall–Kier alpha value is -0.995. The van der Waals surface area contributed by atoms with Gasteiger partial charge in [0.15, 0.2) is 0 Å². The van der Waals surface area contributed by atoms with E-state index in [9.17, 15) is 0 Å². The maximum absolute atomic E-state index is 8.98. The minimum Gasteiger partial charge on any atom is -0.423 e. The first-order valence-electron chi connectivity index (χ1n) is 4.94. The quantitative estimate of drug-likeness (QED) is 0.462. The van der Waals surface area contributed by atoms with Crippen LogP contribution >= 0.6 is 0 Å². The fraction of sp³-hybridized carbons (Fsp3) is 0.400. The molecular weight excluding hydrogens is 177 g/mol. The van der Waals surface area contributed by atoms with Gasteiger partial charge < -0.3 is 15.8 Å². The molecule has 2 rings (SSSR count). The summed E-state index contributed by atoms with van der Waals surface area (Å²) in [5.74, 6) is 0.627. The molecule has 0 heterocycles. The molecule has 0 radical (unpaired) electrons. The molecule has 1 fully saturated rings. The van der Waals surface area contributed by atoms with Crippen molar-refractivity contribution in [1.82, 2.24) is 0 Å². The van der Waals surface area contributed by atoms with E-state index in [4.69, 9.17) is 15.8 Å². The van der Waals surface area contributed by atoms with Gasteiger partial charge in [-0.2, -0.15) is 0 Å². The molecule has 4 heteroatoms. The van der Waals surface area contributed by atoms with E-state index in [2.05, 4.69) is 0 Å². The molecule has 0 aliphatic heterocycles. The Bertz CT molecular complexity index is 337. The molecule has 1 aliphatic rings. The lowest BCUT2D eigenvalue weighted by molar-refractivity contribution is 0.419. The lowest BCUT2D eigenvalue weighted by Crippen LogP contribution is -2.32. The molecule has 1 saturated carbocycles. The number of anilines is 1. The van der Waals surface area contributed by atoms with Crippen LogP contribution in [0.3, 0.4) is 0 Å². The average molecular weight is 191 g/mol. The molecule has 74 valence electrons. The van der Waals surface area contributed by atoms with Crippen LogP contribution in [-0.4, -0.2) is 17.2 Å². The Labute approximate surface area is 83.7 Å². The third kappa shape index (κ3) is 1.63. The molecule has 0 bridgehead atoms. The highest BCUT2D eigenvalue weighted by atomic mass is 16.4. The second-order valence-corrected chi connectivity index (χ2v) is 3.89. The van der Waals surface area contributed by atoms with E-state index < -0.39 is 7.12 Å². The van der Waals surface area contributed by atoms with Gasteiger partial charge in [-0.25, -0.2) is 0 Å². The van der Waals surface area contributed by atoms with Crippen LogP contribution in [0, 0.1) is 0 Å². The van der Waals surface area contributed by atoms with Gasteiger partial charge in [0.2, 0.25) is 0 Å². The van der Waals surface area contributed by atoms with Crippen molar-refractivity contribution >= 4 is 18.3 Å². The number of hydrogen-bond donors (Lipinski definition) is 3. The molecular formula is C10H14BNO2. The molecule has 0 atom stereocenters. The van der Waals surface area contributed by atoms with E-state index in [-0.39, 0.29) is 0 Å². The largest absolute Gasteiger partial charge is 0.490 e. The van der Waals surface area contributed by atoms with Crippen molar-refractivity contribution in [2.75, 3.05) is 5.73 Å². The smallest absolute Gasteiger partial charge is 0.423 e. The first-order valence-corrected chi connectivity index (χ1v) is 4.94. The van der Waals surface area contributed by atoms with Crippen molar-refractivity contribution in [3.63, 3.8) is 0 Å². The Balaban J connectivity index is 2.25. The first kappa shape index (κ1) is 9.56. The molecule has 1 aromatic rings. The van der Waals surface area contributed by atoms with E-state index in [0.29, 0.717) is 17.1 Å². The molecule has 0 amide bonds. The van der Waals surface area contributed by atoms with Crippen LogP contribution in [0.25, 0.3) is 0 Å². The molecule has 14 heavy (non-hydrogen) atoms. The molecule has 0 unspecified atom stereocenters. The number of benzene rings is 1. The van der Waals surface area contributed by atoms with Gasteiger partial charge in [0, 0.05) is 11.2 Å².